The molecule has 1 aliphatic rings. The van der Waals surface area contributed by atoms with Crippen LogP contribution >= 0.6 is 0 Å². The minimum absolute atomic E-state index is 0.448. The van der Waals surface area contributed by atoms with Gasteiger partial charge in [0.05, 0.1) is 0 Å². The lowest BCUT2D eigenvalue weighted by atomic mass is 9.76. The Hall–Kier alpha value is -0.0400. The summed E-state index contributed by atoms with van der Waals surface area (Å²) < 4.78 is 0. The summed E-state index contributed by atoms with van der Waals surface area (Å²) in [4.78, 5) is 0. The van der Waals surface area contributed by atoms with Gasteiger partial charge < -0.3 is 5.73 Å². The van der Waals surface area contributed by atoms with Crippen LogP contribution in [0.5, 0.6) is 0 Å². The van der Waals surface area contributed by atoms with Crippen LogP contribution in [-0.2, 0) is 0 Å². The lowest BCUT2D eigenvalue weighted by Gasteiger charge is -2.30. The maximum atomic E-state index is 6.17. The van der Waals surface area contributed by atoms with Crippen molar-refractivity contribution in [2.24, 2.45) is 23.0 Å². The molecule has 1 heteroatoms. The summed E-state index contributed by atoms with van der Waals surface area (Å²) in [6.07, 6.45) is 8.06. The molecule has 1 nitrogen and oxygen atoms in total. The van der Waals surface area contributed by atoms with Gasteiger partial charge in [0.1, 0.15) is 0 Å². The van der Waals surface area contributed by atoms with E-state index in [1.807, 2.05) is 0 Å². The molecule has 1 aliphatic carbocycles. The zero-order valence-electron chi connectivity index (χ0n) is 11.1. The molecular formula is C14H29N. The van der Waals surface area contributed by atoms with Crippen LogP contribution in [0.1, 0.15) is 66.2 Å². The van der Waals surface area contributed by atoms with Gasteiger partial charge >= 0.3 is 0 Å². The average molecular weight is 211 g/mol. The zero-order valence-corrected chi connectivity index (χ0v) is 11.1. The molecule has 0 aromatic heterocycles. The van der Waals surface area contributed by atoms with Gasteiger partial charge in [-0.3, -0.25) is 0 Å². The normalized spacial score (nSPS) is 31.0. The van der Waals surface area contributed by atoms with E-state index in [4.69, 9.17) is 5.73 Å². The van der Waals surface area contributed by atoms with Crippen molar-refractivity contribution in [2.75, 3.05) is 0 Å². The van der Waals surface area contributed by atoms with Crippen molar-refractivity contribution in [1.82, 2.24) is 0 Å². The molecule has 0 radical (unpaired) electrons. The van der Waals surface area contributed by atoms with E-state index in [0.29, 0.717) is 11.5 Å². The van der Waals surface area contributed by atoms with Crippen LogP contribution in [0.15, 0.2) is 0 Å². The van der Waals surface area contributed by atoms with Gasteiger partial charge in [0.15, 0.2) is 0 Å². The molecule has 0 aliphatic heterocycles. The van der Waals surface area contributed by atoms with Crippen molar-refractivity contribution in [3.63, 3.8) is 0 Å². The number of nitrogens with two attached hydrogens (primary N) is 1. The maximum absolute atomic E-state index is 6.17. The molecule has 15 heavy (non-hydrogen) atoms. The van der Waals surface area contributed by atoms with Crippen molar-refractivity contribution >= 4 is 0 Å². The second-order valence-corrected chi connectivity index (χ2v) is 6.40. The zero-order chi connectivity index (χ0) is 11.5. The first-order chi connectivity index (χ1) is 6.95. The molecule has 1 rings (SSSR count). The first-order valence-corrected chi connectivity index (χ1v) is 6.70. The van der Waals surface area contributed by atoms with Gasteiger partial charge in [-0.05, 0) is 49.4 Å². The van der Waals surface area contributed by atoms with Crippen LogP contribution in [0.25, 0.3) is 0 Å². The quantitative estimate of drug-likeness (QED) is 0.687. The average Bonchev–Trinajstić information content (AvgIpc) is 2.40. The molecule has 0 aromatic rings. The summed E-state index contributed by atoms with van der Waals surface area (Å²) in [5.74, 6) is 1.70. The van der Waals surface area contributed by atoms with E-state index in [0.717, 1.165) is 18.3 Å². The Balaban J connectivity index is 2.49. The molecule has 0 spiro atoms. The standard InChI is InChI=1S/C14H29N/c1-5-13(15)11-7-6-8-12(10-9-11)14(2,3)4/h11-13H,5-10,15H2,1-4H3. The Morgan fingerprint density at radius 2 is 1.80 bits per heavy atom. The first-order valence-electron chi connectivity index (χ1n) is 6.70. The fourth-order valence-electron chi connectivity index (χ4n) is 2.96. The van der Waals surface area contributed by atoms with Crippen LogP contribution < -0.4 is 5.73 Å². The molecule has 0 bridgehead atoms. The van der Waals surface area contributed by atoms with Crippen molar-refractivity contribution < 1.29 is 0 Å². The van der Waals surface area contributed by atoms with Crippen molar-refractivity contribution in [3.05, 3.63) is 0 Å². The SMILES string of the molecule is CCC(N)C1CCCC(C(C)(C)C)CC1. The van der Waals surface area contributed by atoms with E-state index >= 15 is 0 Å². The minimum atomic E-state index is 0.448. The molecule has 0 saturated heterocycles. The largest absolute Gasteiger partial charge is 0.327 e. The third-order valence-corrected chi connectivity index (χ3v) is 4.32. The lowest BCUT2D eigenvalue weighted by molar-refractivity contribution is 0.211. The van der Waals surface area contributed by atoms with Gasteiger partial charge in [0.2, 0.25) is 0 Å². The molecular weight excluding hydrogens is 182 g/mol. The van der Waals surface area contributed by atoms with E-state index in [1.54, 1.807) is 0 Å². The fourth-order valence-corrected chi connectivity index (χ4v) is 2.96. The molecule has 2 N–H and O–H groups in total. The van der Waals surface area contributed by atoms with Crippen LogP contribution in [0.3, 0.4) is 0 Å². The maximum Gasteiger partial charge on any atom is 0.00645 e. The van der Waals surface area contributed by atoms with Crippen LogP contribution in [0.2, 0.25) is 0 Å². The Bertz CT molecular complexity index is 180. The lowest BCUT2D eigenvalue weighted by Crippen LogP contribution is -2.29. The number of hydrogen-bond donors (Lipinski definition) is 1. The molecule has 0 heterocycles. The minimum Gasteiger partial charge on any atom is -0.327 e. The molecule has 3 unspecified atom stereocenters. The summed E-state index contributed by atoms with van der Waals surface area (Å²) >= 11 is 0. The van der Waals surface area contributed by atoms with Gasteiger partial charge in [-0.2, -0.15) is 0 Å². The highest BCUT2D eigenvalue weighted by Gasteiger charge is 2.29. The Labute approximate surface area is 95.8 Å². The van der Waals surface area contributed by atoms with E-state index in [9.17, 15) is 0 Å². The predicted molar refractivity (Wildman–Crippen MR) is 67.8 cm³/mol. The van der Waals surface area contributed by atoms with Crippen molar-refractivity contribution in [3.8, 4) is 0 Å². The third kappa shape index (κ3) is 3.79. The van der Waals surface area contributed by atoms with Gasteiger partial charge in [-0.15, -0.1) is 0 Å². The summed E-state index contributed by atoms with van der Waals surface area (Å²) in [5, 5.41) is 0. The monoisotopic (exact) mass is 211 g/mol. The Morgan fingerprint density at radius 1 is 1.13 bits per heavy atom. The summed E-state index contributed by atoms with van der Waals surface area (Å²) in [7, 11) is 0. The molecule has 3 atom stereocenters. The topological polar surface area (TPSA) is 26.0 Å². The first kappa shape index (κ1) is 13.0. The summed E-state index contributed by atoms with van der Waals surface area (Å²) in [5.41, 5.74) is 6.66. The molecule has 1 saturated carbocycles. The Kier molecular flexibility index (Phi) is 4.64. The highest BCUT2D eigenvalue weighted by molar-refractivity contribution is 4.81. The van der Waals surface area contributed by atoms with Gasteiger partial charge in [-0.1, -0.05) is 34.1 Å². The molecule has 90 valence electrons. The smallest absolute Gasteiger partial charge is 0.00645 e. The second kappa shape index (κ2) is 5.34. The number of rotatable bonds is 2. The number of hydrogen-bond acceptors (Lipinski definition) is 1. The second-order valence-electron chi connectivity index (χ2n) is 6.40. The Morgan fingerprint density at radius 3 is 2.33 bits per heavy atom. The highest BCUT2D eigenvalue weighted by atomic mass is 14.6. The fraction of sp³-hybridized carbons (Fsp3) is 1.00. The van der Waals surface area contributed by atoms with Crippen LogP contribution in [-0.4, -0.2) is 6.04 Å². The van der Waals surface area contributed by atoms with E-state index in [2.05, 4.69) is 27.7 Å². The summed E-state index contributed by atoms with van der Waals surface area (Å²) in [6.45, 7) is 9.38. The van der Waals surface area contributed by atoms with E-state index in [-0.39, 0.29) is 0 Å². The van der Waals surface area contributed by atoms with E-state index < -0.39 is 0 Å². The van der Waals surface area contributed by atoms with E-state index in [1.165, 1.54) is 32.1 Å². The van der Waals surface area contributed by atoms with Gasteiger partial charge in [-0.25, -0.2) is 0 Å². The summed E-state index contributed by atoms with van der Waals surface area (Å²) in [6, 6.07) is 0.448. The van der Waals surface area contributed by atoms with Gasteiger partial charge in [0.25, 0.3) is 0 Å². The van der Waals surface area contributed by atoms with Crippen molar-refractivity contribution in [1.29, 1.82) is 0 Å². The van der Waals surface area contributed by atoms with Crippen LogP contribution in [0.4, 0.5) is 0 Å². The van der Waals surface area contributed by atoms with Crippen LogP contribution in [0, 0.1) is 17.3 Å². The molecule has 1 fully saturated rings. The predicted octanol–water partition coefficient (Wildman–Crippen LogP) is 3.97. The molecule has 0 aromatic carbocycles. The highest BCUT2D eigenvalue weighted by Crippen LogP contribution is 2.39. The third-order valence-electron chi connectivity index (χ3n) is 4.32. The van der Waals surface area contributed by atoms with Crippen molar-refractivity contribution in [2.45, 2.75) is 72.3 Å². The molecule has 0 amide bonds. The van der Waals surface area contributed by atoms with Gasteiger partial charge in [0, 0.05) is 6.04 Å².